The van der Waals surface area contributed by atoms with E-state index in [1.54, 1.807) is 0 Å². The molecule has 4 heteroatoms. The Bertz CT molecular complexity index is 379. The smallest absolute Gasteiger partial charge is 0.319 e. The van der Waals surface area contributed by atoms with Gasteiger partial charge < -0.3 is 10.2 Å². The van der Waals surface area contributed by atoms with E-state index in [-0.39, 0.29) is 12.0 Å². The molecule has 1 aromatic rings. The lowest BCUT2D eigenvalue weighted by molar-refractivity contribution is -0.137. The van der Waals surface area contributed by atoms with Crippen molar-refractivity contribution < 1.29 is 15.0 Å². The molecule has 0 amide bonds. The molecule has 0 saturated carbocycles. The fraction of sp³-hybridized carbons (Fsp3) is 0.462. The van der Waals surface area contributed by atoms with E-state index in [1.807, 2.05) is 24.3 Å². The van der Waals surface area contributed by atoms with E-state index in [0.29, 0.717) is 0 Å². The van der Waals surface area contributed by atoms with Gasteiger partial charge in [-0.2, -0.15) is 0 Å². The van der Waals surface area contributed by atoms with Gasteiger partial charge in [0.2, 0.25) is 0 Å². The average molecular weight is 254 g/mol. The van der Waals surface area contributed by atoms with E-state index in [2.05, 4.69) is 20.8 Å². The monoisotopic (exact) mass is 254 g/mol. The average Bonchev–Trinajstić information content (AvgIpc) is 2.25. The summed E-state index contributed by atoms with van der Waals surface area (Å²) in [6.07, 6.45) is 0. The van der Waals surface area contributed by atoms with Crippen molar-refractivity contribution in [1.29, 1.82) is 0 Å². The van der Waals surface area contributed by atoms with Gasteiger partial charge in [-0.1, -0.05) is 32.9 Å². The summed E-state index contributed by atoms with van der Waals surface area (Å²) in [5.74, 6) is -0.989. The molecule has 0 aliphatic carbocycles. The number of aliphatic carboxylic acids is 1. The maximum atomic E-state index is 10.8. The second-order valence-electron chi connectivity index (χ2n) is 4.90. The topological polar surface area (TPSA) is 57.5 Å². The maximum absolute atomic E-state index is 10.8. The predicted molar refractivity (Wildman–Crippen MR) is 69.5 cm³/mol. The molecule has 17 heavy (non-hydrogen) atoms. The second kappa shape index (κ2) is 5.56. The summed E-state index contributed by atoms with van der Waals surface area (Å²) < 4.78 is 0. The molecule has 1 unspecified atom stereocenters. The molecule has 94 valence electrons. The van der Waals surface area contributed by atoms with E-state index in [9.17, 15) is 4.79 Å². The van der Waals surface area contributed by atoms with Crippen LogP contribution in [0.3, 0.4) is 0 Å². The SMILES string of the molecule is CC(C)(C)c1ccc(SC(CO)C(=O)O)cc1. The Morgan fingerprint density at radius 3 is 2.18 bits per heavy atom. The van der Waals surface area contributed by atoms with Gasteiger partial charge in [0, 0.05) is 4.90 Å². The normalized spacial score (nSPS) is 13.4. The Hall–Kier alpha value is -1.00. The summed E-state index contributed by atoms with van der Waals surface area (Å²) in [5, 5.41) is 17.0. The molecule has 1 atom stereocenters. The van der Waals surface area contributed by atoms with Gasteiger partial charge in [0.15, 0.2) is 0 Å². The van der Waals surface area contributed by atoms with Gasteiger partial charge in [-0.05, 0) is 23.1 Å². The molecule has 2 N–H and O–H groups in total. The van der Waals surface area contributed by atoms with E-state index in [4.69, 9.17) is 10.2 Å². The molecular formula is C13H18O3S. The summed E-state index contributed by atoms with van der Waals surface area (Å²) in [4.78, 5) is 11.6. The van der Waals surface area contributed by atoms with Crippen molar-refractivity contribution in [2.45, 2.75) is 36.3 Å². The lowest BCUT2D eigenvalue weighted by atomic mass is 9.87. The van der Waals surface area contributed by atoms with Crippen molar-refractivity contribution in [3.8, 4) is 0 Å². The Morgan fingerprint density at radius 2 is 1.82 bits per heavy atom. The largest absolute Gasteiger partial charge is 0.480 e. The quantitative estimate of drug-likeness (QED) is 0.811. The second-order valence-corrected chi connectivity index (χ2v) is 6.18. The van der Waals surface area contributed by atoms with Gasteiger partial charge in [-0.3, -0.25) is 4.79 Å². The minimum Gasteiger partial charge on any atom is -0.480 e. The Morgan fingerprint density at radius 1 is 1.29 bits per heavy atom. The highest BCUT2D eigenvalue weighted by Crippen LogP contribution is 2.27. The molecule has 3 nitrogen and oxygen atoms in total. The molecule has 0 heterocycles. The zero-order chi connectivity index (χ0) is 13.1. The standard InChI is InChI=1S/C13H18O3S/c1-13(2,3)9-4-6-10(7-5-9)17-11(8-14)12(15)16/h4-7,11,14H,8H2,1-3H3,(H,15,16). The van der Waals surface area contributed by atoms with Crippen LogP contribution in [0, 0.1) is 0 Å². The molecule has 0 saturated heterocycles. The van der Waals surface area contributed by atoms with Gasteiger partial charge in [-0.25, -0.2) is 0 Å². The van der Waals surface area contributed by atoms with E-state index >= 15 is 0 Å². The zero-order valence-corrected chi connectivity index (χ0v) is 11.1. The zero-order valence-electron chi connectivity index (χ0n) is 10.3. The molecule has 0 aliphatic heterocycles. The number of thioether (sulfide) groups is 1. The minimum atomic E-state index is -0.989. The van der Waals surface area contributed by atoms with Gasteiger partial charge in [0.1, 0.15) is 5.25 Å². The van der Waals surface area contributed by atoms with Crippen LogP contribution in [0.2, 0.25) is 0 Å². The first-order chi connectivity index (χ1) is 7.84. The Labute approximate surface area is 106 Å². The number of rotatable bonds is 4. The molecule has 1 rings (SSSR count). The molecule has 0 spiro atoms. The van der Waals surface area contributed by atoms with Crippen molar-refractivity contribution in [3.05, 3.63) is 29.8 Å². The van der Waals surface area contributed by atoms with Crippen LogP contribution in [0.4, 0.5) is 0 Å². The third-order valence-electron chi connectivity index (χ3n) is 2.44. The fourth-order valence-corrected chi connectivity index (χ4v) is 2.16. The number of aliphatic hydroxyl groups excluding tert-OH is 1. The number of carbonyl (C=O) groups is 1. The van der Waals surface area contributed by atoms with Crippen LogP contribution in [0.25, 0.3) is 0 Å². The fourth-order valence-electron chi connectivity index (χ4n) is 1.36. The van der Waals surface area contributed by atoms with Crippen LogP contribution in [0.15, 0.2) is 29.2 Å². The van der Waals surface area contributed by atoms with Crippen LogP contribution in [0.1, 0.15) is 26.3 Å². The summed E-state index contributed by atoms with van der Waals surface area (Å²) in [7, 11) is 0. The first-order valence-corrected chi connectivity index (χ1v) is 6.33. The van der Waals surface area contributed by atoms with Gasteiger partial charge in [0.25, 0.3) is 0 Å². The van der Waals surface area contributed by atoms with Crippen LogP contribution < -0.4 is 0 Å². The number of carboxylic acids is 1. The number of carboxylic acid groups (broad SMARTS) is 1. The summed E-state index contributed by atoms with van der Waals surface area (Å²) in [6, 6.07) is 7.80. The molecule has 1 aromatic carbocycles. The molecule has 0 aliphatic rings. The molecule has 0 aromatic heterocycles. The third kappa shape index (κ3) is 4.06. The highest BCUT2D eigenvalue weighted by molar-refractivity contribution is 8.00. The van der Waals surface area contributed by atoms with Gasteiger partial charge in [0.05, 0.1) is 6.61 Å². The van der Waals surface area contributed by atoms with Crippen molar-refractivity contribution in [1.82, 2.24) is 0 Å². The Balaban J connectivity index is 2.78. The van der Waals surface area contributed by atoms with Crippen molar-refractivity contribution >= 4 is 17.7 Å². The van der Waals surface area contributed by atoms with Crippen LogP contribution >= 0.6 is 11.8 Å². The van der Waals surface area contributed by atoms with Crippen LogP contribution in [0.5, 0.6) is 0 Å². The van der Waals surface area contributed by atoms with E-state index in [0.717, 1.165) is 4.90 Å². The lowest BCUT2D eigenvalue weighted by Gasteiger charge is -2.19. The Kier molecular flexibility index (Phi) is 4.60. The van der Waals surface area contributed by atoms with Gasteiger partial charge >= 0.3 is 5.97 Å². The van der Waals surface area contributed by atoms with Gasteiger partial charge in [-0.15, -0.1) is 11.8 Å². The van der Waals surface area contributed by atoms with Crippen molar-refractivity contribution in [2.24, 2.45) is 0 Å². The highest BCUT2D eigenvalue weighted by atomic mass is 32.2. The predicted octanol–water partition coefficient (Wildman–Crippen LogP) is 2.52. The maximum Gasteiger partial charge on any atom is 0.319 e. The number of benzene rings is 1. The highest BCUT2D eigenvalue weighted by Gasteiger charge is 2.18. The third-order valence-corrected chi connectivity index (χ3v) is 3.62. The van der Waals surface area contributed by atoms with E-state index in [1.165, 1.54) is 17.3 Å². The number of hydrogen-bond acceptors (Lipinski definition) is 3. The summed E-state index contributed by atoms with van der Waals surface area (Å²) in [5.41, 5.74) is 1.30. The van der Waals surface area contributed by atoms with Crippen LogP contribution in [-0.4, -0.2) is 28.0 Å². The summed E-state index contributed by atoms with van der Waals surface area (Å²) >= 11 is 1.17. The first kappa shape index (κ1) is 14.1. The minimum absolute atomic E-state index is 0.0897. The van der Waals surface area contributed by atoms with E-state index < -0.39 is 11.2 Å². The molecule has 0 fully saturated rings. The van der Waals surface area contributed by atoms with Crippen molar-refractivity contribution in [3.63, 3.8) is 0 Å². The lowest BCUT2D eigenvalue weighted by Crippen LogP contribution is -2.20. The number of hydrogen-bond donors (Lipinski definition) is 2. The molecule has 0 bridgehead atoms. The van der Waals surface area contributed by atoms with Crippen molar-refractivity contribution in [2.75, 3.05) is 6.61 Å². The summed E-state index contributed by atoms with van der Waals surface area (Å²) in [6.45, 7) is 6.02. The van der Waals surface area contributed by atoms with Crippen LogP contribution in [-0.2, 0) is 10.2 Å². The number of aliphatic hydroxyl groups is 1. The molecular weight excluding hydrogens is 236 g/mol. The first-order valence-electron chi connectivity index (χ1n) is 5.45. The molecule has 0 radical (unpaired) electrons.